The first-order chi connectivity index (χ1) is 21.8. The lowest BCUT2D eigenvalue weighted by Gasteiger charge is -2.39. The normalized spacial score (nSPS) is 21.9. The predicted octanol–water partition coefficient (Wildman–Crippen LogP) is 0.797. The lowest BCUT2D eigenvalue weighted by Crippen LogP contribution is -2.55. The average Bonchev–Trinajstić information content (AvgIpc) is 3.67. The van der Waals surface area contributed by atoms with Crippen LogP contribution in [0.3, 0.4) is 0 Å². The Hall–Kier alpha value is -2.62. The minimum absolute atomic E-state index is 0.0264. The summed E-state index contributed by atoms with van der Waals surface area (Å²) >= 11 is 0. The van der Waals surface area contributed by atoms with Crippen molar-refractivity contribution in [2.45, 2.75) is 82.9 Å². The van der Waals surface area contributed by atoms with Crippen LogP contribution in [0, 0.1) is 28.9 Å². The minimum Gasteiger partial charge on any atom is -0.493 e. The number of nitrogens with one attached hydrogen (secondary N) is 1. The number of nitrogens with zero attached hydrogens (tertiary/aromatic N) is 2. The number of aliphatic hydroxyl groups is 5. The molecule has 2 aliphatic heterocycles. The van der Waals surface area contributed by atoms with Gasteiger partial charge in [-0.25, -0.2) is 13.6 Å². The zero-order valence-corrected chi connectivity index (χ0v) is 26.6. The van der Waals surface area contributed by atoms with Gasteiger partial charge in [0.2, 0.25) is 5.91 Å². The number of halogens is 2. The van der Waals surface area contributed by atoms with Crippen molar-refractivity contribution in [3.8, 4) is 5.75 Å². The molecule has 2 saturated heterocycles. The SMILES string of the molecule is CC(C)OC(=O)N1CCC2(CC1)CC2CCCOc1cc(F)c(CC(=O)N2CC(CNC[C@H](O)[C@@H](O)[C@H](O)[C@H](O)CO)C2)c(F)c1. The Morgan fingerprint density at radius 3 is 2.26 bits per heavy atom. The lowest BCUT2D eigenvalue weighted by atomic mass is 9.90. The van der Waals surface area contributed by atoms with E-state index in [0.717, 1.165) is 44.2 Å². The van der Waals surface area contributed by atoms with Gasteiger partial charge in [0, 0.05) is 62.9 Å². The third-order valence-electron chi connectivity index (χ3n) is 9.54. The van der Waals surface area contributed by atoms with E-state index in [0.29, 0.717) is 45.2 Å². The van der Waals surface area contributed by atoms with E-state index in [4.69, 9.17) is 14.6 Å². The van der Waals surface area contributed by atoms with Crippen molar-refractivity contribution in [3.05, 3.63) is 29.3 Å². The van der Waals surface area contributed by atoms with Crippen LogP contribution in [0.15, 0.2) is 12.1 Å². The van der Waals surface area contributed by atoms with Gasteiger partial charge >= 0.3 is 6.09 Å². The number of benzene rings is 1. The number of rotatable bonds is 16. The molecule has 0 bridgehead atoms. The highest BCUT2D eigenvalue weighted by molar-refractivity contribution is 5.79. The van der Waals surface area contributed by atoms with Crippen molar-refractivity contribution in [2.24, 2.45) is 17.3 Å². The number of carbonyl (C=O) groups excluding carboxylic acids is 2. The average molecular weight is 658 g/mol. The Labute approximate surface area is 268 Å². The minimum atomic E-state index is -1.71. The van der Waals surface area contributed by atoms with E-state index in [1.807, 2.05) is 13.8 Å². The van der Waals surface area contributed by atoms with E-state index in [9.17, 15) is 38.8 Å². The highest BCUT2D eigenvalue weighted by Gasteiger charge is 2.54. The van der Waals surface area contributed by atoms with E-state index >= 15 is 0 Å². The number of likely N-dealkylation sites (tertiary alicyclic amines) is 2. The molecule has 6 N–H and O–H groups in total. The zero-order valence-electron chi connectivity index (χ0n) is 26.6. The fourth-order valence-electron chi connectivity index (χ4n) is 6.50. The first-order valence-electron chi connectivity index (χ1n) is 16.2. The molecule has 2 heterocycles. The molecule has 1 saturated carbocycles. The van der Waals surface area contributed by atoms with E-state index < -0.39 is 55.0 Å². The summed E-state index contributed by atoms with van der Waals surface area (Å²) < 4.78 is 40.5. The molecule has 3 fully saturated rings. The van der Waals surface area contributed by atoms with Gasteiger partial charge in [0.15, 0.2) is 0 Å². The molecule has 1 spiro atoms. The number of amides is 2. The molecule has 1 unspecified atom stereocenters. The summed E-state index contributed by atoms with van der Waals surface area (Å²) in [5.41, 5.74) is -0.0419. The van der Waals surface area contributed by atoms with Crippen LogP contribution in [-0.4, -0.2) is 130 Å². The Morgan fingerprint density at radius 1 is 1.02 bits per heavy atom. The lowest BCUT2D eigenvalue weighted by molar-refractivity contribution is -0.136. The van der Waals surface area contributed by atoms with Gasteiger partial charge in [0.25, 0.3) is 0 Å². The first-order valence-corrected chi connectivity index (χ1v) is 16.2. The fourth-order valence-corrected chi connectivity index (χ4v) is 6.50. The summed E-state index contributed by atoms with van der Waals surface area (Å²) in [5.74, 6) is -1.43. The van der Waals surface area contributed by atoms with Gasteiger partial charge in [-0.1, -0.05) is 0 Å². The molecule has 14 heteroatoms. The summed E-state index contributed by atoms with van der Waals surface area (Å²) in [6.07, 6.45) is -2.44. The second-order valence-electron chi connectivity index (χ2n) is 13.3. The van der Waals surface area contributed by atoms with Crippen molar-refractivity contribution in [1.82, 2.24) is 15.1 Å². The van der Waals surface area contributed by atoms with Crippen molar-refractivity contribution < 1.29 is 53.4 Å². The summed E-state index contributed by atoms with van der Waals surface area (Å²) in [5, 5.41) is 50.6. The number of piperidine rings is 1. The van der Waals surface area contributed by atoms with Crippen LogP contribution in [-0.2, 0) is 16.0 Å². The molecular formula is C32H49F2N3O9. The topological polar surface area (TPSA) is 172 Å². The number of hydrogen-bond donors (Lipinski definition) is 6. The first kappa shape index (κ1) is 36.2. The fraction of sp³-hybridized carbons (Fsp3) is 0.750. The Morgan fingerprint density at radius 2 is 1.65 bits per heavy atom. The van der Waals surface area contributed by atoms with E-state index in [-0.39, 0.29) is 41.4 Å². The van der Waals surface area contributed by atoms with Crippen LogP contribution >= 0.6 is 0 Å². The monoisotopic (exact) mass is 657 g/mol. The zero-order chi connectivity index (χ0) is 33.6. The van der Waals surface area contributed by atoms with Gasteiger partial charge in [0.05, 0.1) is 31.8 Å². The molecule has 4 rings (SSSR count). The van der Waals surface area contributed by atoms with E-state index in [2.05, 4.69) is 5.32 Å². The molecule has 3 aliphatic rings. The van der Waals surface area contributed by atoms with E-state index in [1.54, 1.807) is 4.90 Å². The van der Waals surface area contributed by atoms with Gasteiger partial charge in [-0.15, -0.1) is 0 Å². The van der Waals surface area contributed by atoms with Gasteiger partial charge in [-0.2, -0.15) is 0 Å². The maximum atomic E-state index is 14.8. The molecule has 5 atom stereocenters. The van der Waals surface area contributed by atoms with Gasteiger partial charge in [0.1, 0.15) is 35.7 Å². The highest BCUT2D eigenvalue weighted by atomic mass is 19.1. The molecule has 46 heavy (non-hydrogen) atoms. The van der Waals surface area contributed by atoms with Gasteiger partial charge in [-0.05, 0) is 57.3 Å². The molecule has 260 valence electrons. The third-order valence-corrected chi connectivity index (χ3v) is 9.54. The van der Waals surface area contributed by atoms with Crippen LogP contribution in [0.1, 0.15) is 51.5 Å². The predicted molar refractivity (Wildman–Crippen MR) is 162 cm³/mol. The van der Waals surface area contributed by atoms with Crippen molar-refractivity contribution in [2.75, 3.05) is 52.5 Å². The number of ether oxygens (including phenoxy) is 2. The van der Waals surface area contributed by atoms with Crippen molar-refractivity contribution in [1.29, 1.82) is 0 Å². The Balaban J connectivity index is 1.11. The number of hydrogen-bond acceptors (Lipinski definition) is 10. The Kier molecular flexibility index (Phi) is 12.6. The van der Waals surface area contributed by atoms with Gasteiger partial charge in [-0.3, -0.25) is 4.79 Å². The molecule has 1 aromatic rings. The van der Waals surface area contributed by atoms with Crippen LogP contribution in [0.25, 0.3) is 0 Å². The van der Waals surface area contributed by atoms with E-state index in [1.165, 1.54) is 4.90 Å². The molecule has 1 aliphatic carbocycles. The Bertz CT molecular complexity index is 1150. The molecule has 0 radical (unpaired) electrons. The molecular weight excluding hydrogens is 608 g/mol. The number of carbonyl (C=O) groups is 2. The molecule has 12 nitrogen and oxygen atoms in total. The van der Waals surface area contributed by atoms with Crippen LogP contribution in [0.4, 0.5) is 13.6 Å². The third kappa shape index (κ3) is 9.26. The second kappa shape index (κ2) is 16.0. The summed E-state index contributed by atoms with van der Waals surface area (Å²) in [6, 6.07) is 2.21. The summed E-state index contributed by atoms with van der Waals surface area (Å²) in [4.78, 5) is 28.0. The molecule has 1 aromatic carbocycles. The quantitative estimate of drug-likeness (QED) is 0.140. The smallest absolute Gasteiger partial charge is 0.410 e. The van der Waals surface area contributed by atoms with Crippen LogP contribution < -0.4 is 10.1 Å². The van der Waals surface area contributed by atoms with Gasteiger partial charge < -0.3 is 50.1 Å². The maximum Gasteiger partial charge on any atom is 0.410 e. The second-order valence-corrected chi connectivity index (χ2v) is 13.3. The van der Waals surface area contributed by atoms with Crippen molar-refractivity contribution in [3.63, 3.8) is 0 Å². The number of aliphatic hydroxyl groups excluding tert-OH is 5. The van der Waals surface area contributed by atoms with Crippen LogP contribution in [0.2, 0.25) is 0 Å². The summed E-state index contributed by atoms with van der Waals surface area (Å²) in [7, 11) is 0. The standard InChI is InChI=1S/C32H49F2N3O9/c1-19(2)46-31(44)36-7-5-32(6-8-36)13-21(32)4-3-9-45-22-10-24(33)23(25(34)11-22)12-28(41)37-16-20(17-37)14-35-15-26(39)29(42)30(43)27(40)18-38/h10-11,19-21,26-27,29-30,35,38-40,42-43H,3-9,12-18H2,1-2H3/t21?,26-,27+,29+,30+/m0/s1. The van der Waals surface area contributed by atoms with Crippen molar-refractivity contribution >= 4 is 12.0 Å². The largest absolute Gasteiger partial charge is 0.493 e. The molecule has 0 aromatic heterocycles. The highest BCUT2D eigenvalue weighted by Crippen LogP contribution is 2.61. The molecule has 2 amide bonds. The summed E-state index contributed by atoms with van der Waals surface area (Å²) in [6.45, 7) is 5.63. The maximum absolute atomic E-state index is 14.8. The van der Waals surface area contributed by atoms with Crippen LogP contribution in [0.5, 0.6) is 5.75 Å².